The smallest absolute Gasteiger partial charge is 0.306 e. The number of anilines is 1. The fourth-order valence-electron chi connectivity index (χ4n) is 2.28. The zero-order chi connectivity index (χ0) is 17.1. The van der Waals surface area contributed by atoms with Crippen LogP contribution in [0.4, 0.5) is 10.5 Å². The van der Waals surface area contributed by atoms with Gasteiger partial charge in [-0.1, -0.05) is 34.9 Å². The first kappa shape index (κ1) is 16.3. The highest BCUT2D eigenvalue weighted by molar-refractivity contribution is 7.16. The number of aryl methyl sites for hydroxylation is 1. The van der Waals surface area contributed by atoms with Gasteiger partial charge in [-0.15, -0.1) is 6.42 Å². The number of hydrogen-bond acceptors (Lipinski definition) is 2. The van der Waals surface area contributed by atoms with E-state index in [-0.39, 0.29) is 0 Å². The van der Waals surface area contributed by atoms with Crippen LogP contribution in [0, 0.1) is 19.3 Å². The highest BCUT2D eigenvalue weighted by atomic mass is 35.5. The normalized spacial score (nSPS) is 11.5. The van der Waals surface area contributed by atoms with E-state index in [1.807, 2.05) is 23.6 Å². The monoisotopic (exact) mass is 355 g/mol. The molecule has 0 aliphatic rings. The van der Waals surface area contributed by atoms with Gasteiger partial charge in [0.25, 0.3) is 0 Å². The van der Waals surface area contributed by atoms with Crippen LogP contribution in [0.2, 0.25) is 5.02 Å². The summed E-state index contributed by atoms with van der Waals surface area (Å²) in [5.41, 5.74) is 2.75. The summed E-state index contributed by atoms with van der Waals surface area (Å²) in [6.45, 7) is 2.38. The van der Waals surface area contributed by atoms with E-state index in [9.17, 15) is 4.79 Å². The highest BCUT2D eigenvalue weighted by Crippen LogP contribution is 2.19. The molecule has 3 rings (SSSR count). The van der Waals surface area contributed by atoms with Crippen LogP contribution in [0.3, 0.4) is 0 Å². The Bertz CT molecular complexity index is 1010. The van der Waals surface area contributed by atoms with Gasteiger partial charge >= 0.3 is 6.03 Å². The molecule has 0 aliphatic heterocycles. The Kier molecular flexibility index (Phi) is 4.70. The molecule has 1 heterocycles. The average molecular weight is 356 g/mol. The number of hydrogen-bond donors (Lipinski definition) is 1. The lowest BCUT2D eigenvalue weighted by atomic mass is 10.2. The maximum Gasteiger partial charge on any atom is 0.348 e. The van der Waals surface area contributed by atoms with Crippen LogP contribution in [0.1, 0.15) is 5.56 Å². The minimum Gasteiger partial charge on any atom is -0.306 e. The van der Waals surface area contributed by atoms with Crippen molar-refractivity contribution in [3.8, 4) is 12.3 Å². The van der Waals surface area contributed by atoms with Gasteiger partial charge < -0.3 is 9.88 Å². The molecule has 120 valence electrons. The van der Waals surface area contributed by atoms with Gasteiger partial charge in [-0.3, -0.25) is 0 Å². The molecule has 2 amide bonds. The predicted octanol–water partition coefficient (Wildman–Crippen LogP) is 4.43. The summed E-state index contributed by atoms with van der Waals surface area (Å²) in [5, 5.41) is 3.33. The molecule has 2 aromatic carbocycles. The second-order valence-electron chi connectivity index (χ2n) is 5.19. The van der Waals surface area contributed by atoms with Gasteiger partial charge in [0.05, 0.1) is 16.8 Å². The number of carbonyl (C=O) groups excluding carboxylic acids is 1. The lowest BCUT2D eigenvalue weighted by molar-refractivity contribution is 0.259. The summed E-state index contributed by atoms with van der Waals surface area (Å²) >= 11 is 7.27. The number of carbonyl (C=O) groups is 1. The molecule has 1 aromatic heterocycles. The second kappa shape index (κ2) is 6.91. The van der Waals surface area contributed by atoms with E-state index in [0.717, 1.165) is 15.8 Å². The number of urea groups is 1. The third-order valence-electron chi connectivity index (χ3n) is 3.38. The van der Waals surface area contributed by atoms with Crippen molar-refractivity contribution in [2.24, 2.45) is 4.99 Å². The van der Waals surface area contributed by atoms with Crippen molar-refractivity contribution in [2.75, 3.05) is 5.32 Å². The van der Waals surface area contributed by atoms with E-state index in [1.54, 1.807) is 24.3 Å². The van der Waals surface area contributed by atoms with Gasteiger partial charge in [0.2, 0.25) is 0 Å². The third-order valence-corrected chi connectivity index (χ3v) is 4.67. The standard InChI is InChI=1S/C18H14ClN3OS/c1-3-10-22-15-9-4-12(2)11-16(15)24-18(22)21-17(23)20-14-7-5-13(19)6-8-14/h1,4-9,11H,10H2,2H3,(H,20,23)/b21-18+. The predicted molar refractivity (Wildman–Crippen MR) is 99.4 cm³/mol. The van der Waals surface area contributed by atoms with Crippen molar-refractivity contribution in [3.05, 3.63) is 57.9 Å². The molecular weight excluding hydrogens is 342 g/mol. The number of nitrogens with zero attached hydrogens (tertiary/aromatic N) is 2. The topological polar surface area (TPSA) is 46.4 Å². The van der Waals surface area contributed by atoms with Crippen molar-refractivity contribution in [3.63, 3.8) is 0 Å². The molecular formula is C18H14ClN3OS. The summed E-state index contributed by atoms with van der Waals surface area (Å²) in [6, 6.07) is 12.5. The molecule has 0 spiro atoms. The first-order valence-electron chi connectivity index (χ1n) is 7.21. The molecule has 0 radical (unpaired) electrons. The van der Waals surface area contributed by atoms with Crippen LogP contribution in [-0.2, 0) is 6.54 Å². The Labute approximate surface area is 148 Å². The second-order valence-corrected chi connectivity index (χ2v) is 6.64. The molecule has 1 N–H and O–H groups in total. The Morgan fingerprint density at radius 2 is 2.08 bits per heavy atom. The molecule has 0 saturated heterocycles. The Hall–Kier alpha value is -2.55. The third kappa shape index (κ3) is 3.51. The summed E-state index contributed by atoms with van der Waals surface area (Å²) in [7, 11) is 0. The molecule has 0 bridgehead atoms. The highest BCUT2D eigenvalue weighted by Gasteiger charge is 2.07. The molecule has 24 heavy (non-hydrogen) atoms. The minimum atomic E-state index is -0.452. The largest absolute Gasteiger partial charge is 0.348 e. The van der Waals surface area contributed by atoms with Crippen LogP contribution < -0.4 is 10.1 Å². The summed E-state index contributed by atoms with van der Waals surface area (Å²) < 4.78 is 2.91. The van der Waals surface area contributed by atoms with Gasteiger partial charge in [-0.05, 0) is 48.9 Å². The number of nitrogens with one attached hydrogen (secondary N) is 1. The molecule has 0 fully saturated rings. The fraction of sp³-hybridized carbons (Fsp3) is 0.111. The van der Waals surface area contributed by atoms with E-state index >= 15 is 0 Å². The van der Waals surface area contributed by atoms with E-state index < -0.39 is 6.03 Å². The van der Waals surface area contributed by atoms with E-state index in [4.69, 9.17) is 18.0 Å². The molecule has 0 saturated carbocycles. The summed E-state index contributed by atoms with van der Waals surface area (Å²) in [5.74, 6) is 2.61. The number of terminal acetylenes is 1. The van der Waals surface area contributed by atoms with E-state index in [0.29, 0.717) is 22.1 Å². The summed E-state index contributed by atoms with van der Waals surface area (Å²) in [4.78, 5) is 16.9. The maximum absolute atomic E-state index is 12.2. The van der Waals surface area contributed by atoms with Crippen LogP contribution in [0.15, 0.2) is 47.5 Å². The number of halogens is 1. The number of fused-ring (bicyclic) bond motifs is 1. The Morgan fingerprint density at radius 1 is 1.33 bits per heavy atom. The van der Waals surface area contributed by atoms with Gasteiger partial charge in [0.1, 0.15) is 0 Å². The molecule has 4 nitrogen and oxygen atoms in total. The van der Waals surface area contributed by atoms with Crippen molar-refractivity contribution in [1.29, 1.82) is 0 Å². The number of thiazole rings is 1. The zero-order valence-electron chi connectivity index (χ0n) is 12.9. The Morgan fingerprint density at radius 3 is 2.79 bits per heavy atom. The molecule has 3 aromatic rings. The maximum atomic E-state index is 12.2. The quantitative estimate of drug-likeness (QED) is 0.679. The van der Waals surface area contributed by atoms with Crippen LogP contribution in [0.25, 0.3) is 10.2 Å². The number of aromatic nitrogens is 1. The number of amides is 2. The zero-order valence-corrected chi connectivity index (χ0v) is 14.5. The van der Waals surface area contributed by atoms with Crippen LogP contribution in [0.5, 0.6) is 0 Å². The Balaban J connectivity index is 1.99. The van der Waals surface area contributed by atoms with Gasteiger partial charge in [-0.2, -0.15) is 4.99 Å². The van der Waals surface area contributed by atoms with Crippen LogP contribution in [-0.4, -0.2) is 10.6 Å². The van der Waals surface area contributed by atoms with Gasteiger partial charge in [-0.25, -0.2) is 4.79 Å². The average Bonchev–Trinajstić information content (AvgIpc) is 2.86. The molecule has 0 unspecified atom stereocenters. The van der Waals surface area contributed by atoms with Crippen molar-refractivity contribution >= 4 is 44.9 Å². The molecule has 0 aliphatic carbocycles. The van der Waals surface area contributed by atoms with Crippen molar-refractivity contribution in [1.82, 2.24) is 4.57 Å². The summed E-state index contributed by atoms with van der Waals surface area (Å²) in [6.07, 6.45) is 5.46. The van der Waals surface area contributed by atoms with Gasteiger partial charge in [0.15, 0.2) is 4.80 Å². The van der Waals surface area contributed by atoms with E-state index in [1.165, 1.54) is 11.3 Å². The first-order valence-corrected chi connectivity index (χ1v) is 8.41. The molecule has 0 atom stereocenters. The number of rotatable bonds is 2. The first-order chi connectivity index (χ1) is 11.6. The molecule has 6 heteroatoms. The van der Waals surface area contributed by atoms with Crippen molar-refractivity contribution in [2.45, 2.75) is 13.5 Å². The van der Waals surface area contributed by atoms with E-state index in [2.05, 4.69) is 22.3 Å². The fourth-order valence-corrected chi connectivity index (χ4v) is 3.53. The number of benzene rings is 2. The van der Waals surface area contributed by atoms with Gasteiger partial charge in [0, 0.05) is 10.7 Å². The lowest BCUT2D eigenvalue weighted by Crippen LogP contribution is -2.18. The minimum absolute atomic E-state index is 0.357. The van der Waals surface area contributed by atoms with Crippen LogP contribution >= 0.6 is 22.9 Å². The SMILES string of the molecule is C#CCn1/c(=N\C(=O)Nc2ccc(Cl)cc2)sc2cc(C)ccc21. The van der Waals surface area contributed by atoms with Crippen molar-refractivity contribution < 1.29 is 4.79 Å². The lowest BCUT2D eigenvalue weighted by Gasteiger charge is -2.02.